The fraction of sp³-hybridized carbons (Fsp3) is 0.562. The lowest BCUT2D eigenvalue weighted by Crippen LogP contribution is -2.32. The lowest BCUT2D eigenvalue weighted by atomic mass is 10.1. The van der Waals surface area contributed by atoms with Crippen LogP contribution in [-0.2, 0) is 4.74 Å². The first-order valence-corrected chi connectivity index (χ1v) is 7.70. The SMILES string of the molecule is CCNC(=O)c1ccc(N(CC)CC2CCCO2)c(N)c1. The van der Waals surface area contributed by atoms with Gasteiger partial charge >= 0.3 is 0 Å². The fourth-order valence-corrected chi connectivity index (χ4v) is 2.68. The summed E-state index contributed by atoms with van der Waals surface area (Å²) in [7, 11) is 0. The number of likely N-dealkylation sites (N-methyl/N-ethyl adjacent to an activating group) is 1. The Labute approximate surface area is 126 Å². The Morgan fingerprint density at radius 2 is 2.29 bits per heavy atom. The molecule has 21 heavy (non-hydrogen) atoms. The highest BCUT2D eigenvalue weighted by atomic mass is 16.5. The summed E-state index contributed by atoms with van der Waals surface area (Å²) in [6.45, 7) is 7.18. The maximum absolute atomic E-state index is 11.8. The van der Waals surface area contributed by atoms with E-state index in [1.807, 2.05) is 19.1 Å². The van der Waals surface area contributed by atoms with Crippen molar-refractivity contribution in [1.29, 1.82) is 0 Å². The Morgan fingerprint density at radius 1 is 1.48 bits per heavy atom. The molecule has 1 fully saturated rings. The molecule has 1 aliphatic heterocycles. The molecule has 1 unspecified atom stereocenters. The van der Waals surface area contributed by atoms with Crippen molar-refractivity contribution in [2.75, 3.05) is 36.9 Å². The van der Waals surface area contributed by atoms with Gasteiger partial charge < -0.3 is 20.7 Å². The van der Waals surface area contributed by atoms with Crippen LogP contribution < -0.4 is 16.0 Å². The number of carbonyl (C=O) groups is 1. The van der Waals surface area contributed by atoms with Crippen molar-refractivity contribution in [3.63, 3.8) is 0 Å². The highest BCUT2D eigenvalue weighted by Gasteiger charge is 2.20. The van der Waals surface area contributed by atoms with Crippen LogP contribution in [0.3, 0.4) is 0 Å². The van der Waals surface area contributed by atoms with Gasteiger partial charge in [0.1, 0.15) is 0 Å². The van der Waals surface area contributed by atoms with E-state index >= 15 is 0 Å². The molecule has 1 saturated heterocycles. The molecular weight excluding hydrogens is 266 g/mol. The van der Waals surface area contributed by atoms with Crippen LogP contribution in [0.2, 0.25) is 0 Å². The lowest BCUT2D eigenvalue weighted by Gasteiger charge is -2.27. The minimum atomic E-state index is -0.0853. The van der Waals surface area contributed by atoms with Gasteiger partial charge in [0.25, 0.3) is 5.91 Å². The third-order valence-corrected chi connectivity index (χ3v) is 3.80. The number of carbonyl (C=O) groups excluding carboxylic acids is 1. The van der Waals surface area contributed by atoms with Crippen molar-refractivity contribution in [2.45, 2.75) is 32.8 Å². The van der Waals surface area contributed by atoms with Gasteiger partial charge in [-0.25, -0.2) is 0 Å². The predicted octanol–water partition coefficient (Wildman–Crippen LogP) is 2.02. The van der Waals surface area contributed by atoms with E-state index in [2.05, 4.69) is 17.1 Å². The molecule has 1 aromatic rings. The number of amides is 1. The summed E-state index contributed by atoms with van der Waals surface area (Å²) >= 11 is 0. The topological polar surface area (TPSA) is 67.6 Å². The number of nitrogens with two attached hydrogens (primary N) is 1. The van der Waals surface area contributed by atoms with Crippen LogP contribution in [0.15, 0.2) is 18.2 Å². The van der Waals surface area contributed by atoms with Crippen molar-refractivity contribution >= 4 is 17.3 Å². The van der Waals surface area contributed by atoms with Crippen molar-refractivity contribution < 1.29 is 9.53 Å². The number of hydrogen-bond donors (Lipinski definition) is 2. The first-order valence-electron chi connectivity index (χ1n) is 7.70. The Balaban J connectivity index is 2.11. The van der Waals surface area contributed by atoms with Crippen LogP contribution in [0.5, 0.6) is 0 Å². The summed E-state index contributed by atoms with van der Waals surface area (Å²) < 4.78 is 5.69. The quantitative estimate of drug-likeness (QED) is 0.787. The minimum absolute atomic E-state index is 0.0853. The zero-order valence-corrected chi connectivity index (χ0v) is 12.9. The highest BCUT2D eigenvalue weighted by Crippen LogP contribution is 2.26. The van der Waals surface area contributed by atoms with Crippen molar-refractivity contribution in [3.8, 4) is 0 Å². The van der Waals surface area contributed by atoms with Crippen LogP contribution in [0, 0.1) is 0 Å². The second-order valence-electron chi connectivity index (χ2n) is 5.31. The molecule has 1 atom stereocenters. The predicted molar refractivity (Wildman–Crippen MR) is 85.7 cm³/mol. The van der Waals surface area contributed by atoms with Crippen molar-refractivity contribution in [1.82, 2.24) is 5.32 Å². The summed E-state index contributed by atoms with van der Waals surface area (Å²) in [5.74, 6) is -0.0853. The highest BCUT2D eigenvalue weighted by molar-refractivity contribution is 5.96. The standard InChI is InChI=1S/C16H25N3O2/c1-3-18-16(20)12-7-8-15(14(17)10-12)19(4-2)11-13-6-5-9-21-13/h7-8,10,13H,3-6,9,11,17H2,1-2H3,(H,18,20). The Hall–Kier alpha value is -1.75. The molecule has 1 heterocycles. The molecule has 2 rings (SSSR count). The average Bonchev–Trinajstić information content (AvgIpc) is 2.98. The van der Waals surface area contributed by atoms with Gasteiger partial charge in [0.15, 0.2) is 0 Å². The number of nitrogen functional groups attached to an aromatic ring is 1. The number of rotatable bonds is 6. The summed E-state index contributed by atoms with van der Waals surface area (Å²) in [6, 6.07) is 5.51. The molecule has 0 spiro atoms. The zero-order chi connectivity index (χ0) is 15.2. The van der Waals surface area contributed by atoms with Gasteiger partial charge in [0.2, 0.25) is 0 Å². The summed E-state index contributed by atoms with van der Waals surface area (Å²) in [5.41, 5.74) is 8.36. The number of anilines is 2. The number of ether oxygens (including phenoxy) is 1. The van der Waals surface area contributed by atoms with Crippen molar-refractivity contribution in [2.24, 2.45) is 0 Å². The summed E-state index contributed by atoms with van der Waals surface area (Å²) in [4.78, 5) is 14.0. The van der Waals surface area contributed by atoms with Crippen molar-refractivity contribution in [3.05, 3.63) is 23.8 Å². The molecule has 1 aliphatic rings. The second kappa shape index (κ2) is 7.31. The number of benzene rings is 1. The molecule has 0 radical (unpaired) electrons. The Bertz CT molecular complexity index is 484. The maximum Gasteiger partial charge on any atom is 0.251 e. The molecule has 3 N–H and O–H groups in total. The third-order valence-electron chi connectivity index (χ3n) is 3.80. The Kier molecular flexibility index (Phi) is 5.44. The monoisotopic (exact) mass is 291 g/mol. The average molecular weight is 291 g/mol. The van der Waals surface area contributed by atoms with Crippen LogP contribution >= 0.6 is 0 Å². The van der Waals surface area contributed by atoms with Gasteiger partial charge in [-0.05, 0) is 44.9 Å². The molecule has 1 aromatic carbocycles. The van der Waals surface area contributed by atoms with E-state index in [0.29, 0.717) is 17.8 Å². The molecule has 1 amide bonds. The second-order valence-corrected chi connectivity index (χ2v) is 5.31. The van der Waals surface area contributed by atoms with Gasteiger partial charge in [0.05, 0.1) is 17.5 Å². The van der Waals surface area contributed by atoms with Gasteiger partial charge in [-0.1, -0.05) is 0 Å². The molecule has 116 valence electrons. The minimum Gasteiger partial charge on any atom is -0.397 e. The summed E-state index contributed by atoms with van der Waals surface area (Å²) in [6.07, 6.45) is 2.52. The van der Waals surface area contributed by atoms with E-state index in [9.17, 15) is 4.79 Å². The zero-order valence-electron chi connectivity index (χ0n) is 12.9. The van der Waals surface area contributed by atoms with Crippen LogP contribution in [0.1, 0.15) is 37.0 Å². The van der Waals surface area contributed by atoms with E-state index in [0.717, 1.165) is 38.2 Å². The number of hydrogen-bond acceptors (Lipinski definition) is 4. The van der Waals surface area contributed by atoms with Gasteiger partial charge in [-0.15, -0.1) is 0 Å². The number of nitrogens with one attached hydrogen (secondary N) is 1. The van der Waals surface area contributed by atoms with Crippen LogP contribution in [0.25, 0.3) is 0 Å². The van der Waals surface area contributed by atoms with Gasteiger partial charge in [0, 0.05) is 31.8 Å². The number of nitrogens with zero attached hydrogens (tertiary/aromatic N) is 1. The first-order chi connectivity index (χ1) is 10.2. The first kappa shape index (κ1) is 15.6. The van der Waals surface area contributed by atoms with E-state index in [1.165, 1.54) is 0 Å². The van der Waals surface area contributed by atoms with Gasteiger partial charge in [-0.2, -0.15) is 0 Å². The van der Waals surface area contributed by atoms with E-state index < -0.39 is 0 Å². The normalized spacial score (nSPS) is 17.7. The maximum atomic E-state index is 11.8. The van der Waals surface area contributed by atoms with E-state index in [-0.39, 0.29) is 12.0 Å². The van der Waals surface area contributed by atoms with Gasteiger partial charge in [-0.3, -0.25) is 4.79 Å². The smallest absolute Gasteiger partial charge is 0.251 e. The van der Waals surface area contributed by atoms with E-state index in [1.54, 1.807) is 6.07 Å². The molecule has 0 saturated carbocycles. The van der Waals surface area contributed by atoms with Crippen LogP contribution in [-0.4, -0.2) is 38.3 Å². The fourth-order valence-electron chi connectivity index (χ4n) is 2.68. The third kappa shape index (κ3) is 3.88. The molecular formula is C16H25N3O2. The largest absolute Gasteiger partial charge is 0.397 e. The molecule has 0 bridgehead atoms. The lowest BCUT2D eigenvalue weighted by molar-refractivity contribution is 0.0955. The van der Waals surface area contributed by atoms with Crippen LogP contribution in [0.4, 0.5) is 11.4 Å². The molecule has 5 heteroatoms. The summed E-state index contributed by atoms with van der Waals surface area (Å²) in [5, 5.41) is 2.78. The molecule has 5 nitrogen and oxygen atoms in total. The molecule has 0 aliphatic carbocycles. The molecule has 0 aromatic heterocycles. The Morgan fingerprint density at radius 3 is 2.86 bits per heavy atom. The van der Waals surface area contributed by atoms with E-state index in [4.69, 9.17) is 10.5 Å².